The van der Waals surface area contributed by atoms with Crippen molar-refractivity contribution in [1.82, 2.24) is 19.9 Å². The smallest absolute Gasteiger partial charge is 0.317 e. The van der Waals surface area contributed by atoms with Crippen LogP contribution in [0.2, 0.25) is 5.02 Å². The van der Waals surface area contributed by atoms with Gasteiger partial charge in [0.25, 0.3) is 5.91 Å². The van der Waals surface area contributed by atoms with Crippen LogP contribution in [0.1, 0.15) is 23.0 Å². The number of hydrogen-bond acceptors (Lipinski definition) is 9. The predicted molar refractivity (Wildman–Crippen MR) is 126 cm³/mol. The maximum Gasteiger partial charge on any atom is 0.317 e. The Kier molecular flexibility index (Phi) is 6.87. The highest BCUT2D eigenvalue weighted by molar-refractivity contribution is 7.22. The number of carbonyl (C=O) groups is 1. The molecule has 0 unspecified atom stereocenters. The normalized spacial score (nSPS) is 11.9. The molecule has 0 aliphatic carbocycles. The number of benzene rings is 1. The molecule has 0 aliphatic rings. The number of amides is 1. The fourth-order valence-electron chi connectivity index (χ4n) is 3.10. The van der Waals surface area contributed by atoms with Crippen molar-refractivity contribution in [3.63, 3.8) is 0 Å². The van der Waals surface area contributed by atoms with E-state index in [1.54, 1.807) is 19.9 Å². The number of anilines is 1. The van der Waals surface area contributed by atoms with Crippen molar-refractivity contribution in [3.05, 3.63) is 52.7 Å². The van der Waals surface area contributed by atoms with E-state index >= 15 is 4.39 Å². The molecule has 3 heterocycles. The number of methoxy groups -OCH3 is 1. The lowest BCUT2D eigenvalue weighted by Gasteiger charge is -2.14. The Morgan fingerprint density at radius 3 is 2.82 bits per heavy atom. The average molecular weight is 504 g/mol. The van der Waals surface area contributed by atoms with E-state index in [-0.39, 0.29) is 45.2 Å². The van der Waals surface area contributed by atoms with E-state index in [0.717, 1.165) is 11.3 Å². The van der Waals surface area contributed by atoms with E-state index in [4.69, 9.17) is 21.1 Å². The summed E-state index contributed by atoms with van der Waals surface area (Å²) in [5.74, 6) is -1.04. The standard InChI is InChI=1S/C22H19ClFN5O4S/c1-10-6-12(17-16(32-3)5-4-14(23)18(17)24)13(7-25-10)19(31)28-22-27-15-8-26-21(29-20(15)34-22)33-9-11(2)30/h4-8,11,30H,9H2,1-3H3,(H,27,28,31)/t11-/m1/s1. The Balaban J connectivity index is 1.68. The molecule has 2 N–H and O–H groups in total. The number of thiazole rings is 1. The average Bonchev–Trinajstić information content (AvgIpc) is 3.20. The summed E-state index contributed by atoms with van der Waals surface area (Å²) in [5.41, 5.74) is 1.47. The highest BCUT2D eigenvalue weighted by Gasteiger charge is 2.23. The van der Waals surface area contributed by atoms with Crippen molar-refractivity contribution in [2.75, 3.05) is 19.0 Å². The highest BCUT2D eigenvalue weighted by atomic mass is 35.5. The zero-order chi connectivity index (χ0) is 24.4. The van der Waals surface area contributed by atoms with E-state index in [2.05, 4.69) is 25.3 Å². The monoisotopic (exact) mass is 503 g/mol. The van der Waals surface area contributed by atoms with Gasteiger partial charge in [-0.15, -0.1) is 0 Å². The molecule has 34 heavy (non-hydrogen) atoms. The number of ether oxygens (including phenoxy) is 2. The largest absolute Gasteiger partial charge is 0.496 e. The number of aliphatic hydroxyl groups is 1. The Bertz CT molecular complexity index is 1380. The van der Waals surface area contributed by atoms with Crippen molar-refractivity contribution in [2.24, 2.45) is 0 Å². The Morgan fingerprint density at radius 1 is 1.29 bits per heavy atom. The number of nitrogens with one attached hydrogen (secondary N) is 1. The van der Waals surface area contributed by atoms with Gasteiger partial charge < -0.3 is 14.6 Å². The van der Waals surface area contributed by atoms with Gasteiger partial charge in [-0.25, -0.2) is 14.4 Å². The van der Waals surface area contributed by atoms with Crippen molar-refractivity contribution < 1.29 is 23.8 Å². The SMILES string of the molecule is COc1ccc(Cl)c(F)c1-c1cc(C)ncc1C(=O)Nc1nc2cnc(OC[C@@H](C)O)nc2s1. The number of aromatic nitrogens is 4. The first-order valence-corrected chi connectivity index (χ1v) is 11.2. The number of aliphatic hydroxyl groups excluding tert-OH is 1. The van der Waals surface area contributed by atoms with Crippen molar-refractivity contribution in [1.29, 1.82) is 0 Å². The van der Waals surface area contributed by atoms with Gasteiger partial charge in [0.1, 0.15) is 17.9 Å². The topological polar surface area (TPSA) is 119 Å². The number of fused-ring (bicyclic) bond motifs is 1. The van der Waals surface area contributed by atoms with Crippen molar-refractivity contribution >= 4 is 44.3 Å². The van der Waals surface area contributed by atoms with Gasteiger partial charge in [0.05, 0.1) is 35.6 Å². The number of halogens is 2. The first-order valence-electron chi connectivity index (χ1n) is 10.0. The third-order valence-electron chi connectivity index (χ3n) is 4.63. The molecule has 4 rings (SSSR count). The summed E-state index contributed by atoms with van der Waals surface area (Å²) >= 11 is 7.11. The molecule has 0 aliphatic heterocycles. The molecule has 176 valence electrons. The van der Waals surface area contributed by atoms with E-state index in [1.807, 2.05) is 0 Å². The van der Waals surface area contributed by atoms with Gasteiger partial charge in [-0.3, -0.25) is 15.1 Å². The molecule has 1 aromatic carbocycles. The lowest BCUT2D eigenvalue weighted by molar-refractivity contribution is 0.102. The molecule has 3 aromatic heterocycles. The lowest BCUT2D eigenvalue weighted by atomic mass is 9.98. The second-order valence-corrected chi connectivity index (χ2v) is 8.67. The van der Waals surface area contributed by atoms with Crippen molar-refractivity contribution in [3.8, 4) is 22.9 Å². The molecule has 1 atom stereocenters. The first kappa shape index (κ1) is 23.7. The van der Waals surface area contributed by atoms with Crippen LogP contribution in [-0.2, 0) is 0 Å². The fourth-order valence-corrected chi connectivity index (χ4v) is 4.06. The molecule has 1 amide bonds. The van der Waals surface area contributed by atoms with Crippen LogP contribution in [0.3, 0.4) is 0 Å². The van der Waals surface area contributed by atoms with Crippen LogP contribution in [0.25, 0.3) is 21.5 Å². The van der Waals surface area contributed by atoms with Crippen LogP contribution in [0.4, 0.5) is 9.52 Å². The number of pyridine rings is 1. The zero-order valence-electron chi connectivity index (χ0n) is 18.3. The summed E-state index contributed by atoms with van der Waals surface area (Å²) in [7, 11) is 1.40. The molecule has 12 heteroatoms. The molecular formula is C22H19ClFN5O4S. The van der Waals surface area contributed by atoms with Crippen LogP contribution < -0.4 is 14.8 Å². The third kappa shape index (κ3) is 4.91. The second kappa shape index (κ2) is 9.84. The summed E-state index contributed by atoms with van der Waals surface area (Å²) in [6.45, 7) is 3.35. The molecule has 0 spiro atoms. The summed E-state index contributed by atoms with van der Waals surface area (Å²) < 4.78 is 25.6. The minimum absolute atomic E-state index is 0.0423. The minimum Gasteiger partial charge on any atom is -0.496 e. The van der Waals surface area contributed by atoms with Gasteiger partial charge in [0.15, 0.2) is 15.8 Å². The number of carbonyl (C=O) groups excluding carboxylic acids is 1. The number of rotatable bonds is 7. The minimum atomic E-state index is -0.708. The summed E-state index contributed by atoms with van der Waals surface area (Å²) in [4.78, 5) is 30.4. The van der Waals surface area contributed by atoms with Gasteiger partial charge >= 0.3 is 6.01 Å². The maximum absolute atomic E-state index is 15.0. The molecule has 0 bridgehead atoms. The predicted octanol–water partition coefficient (Wildman–Crippen LogP) is 4.27. The molecule has 0 radical (unpaired) electrons. The molecule has 4 aromatic rings. The first-order chi connectivity index (χ1) is 16.3. The van der Waals surface area contributed by atoms with Gasteiger partial charge in [-0.1, -0.05) is 22.9 Å². The van der Waals surface area contributed by atoms with Crippen LogP contribution in [-0.4, -0.2) is 50.8 Å². The molecule has 0 saturated carbocycles. The molecular weight excluding hydrogens is 485 g/mol. The van der Waals surface area contributed by atoms with E-state index in [9.17, 15) is 9.90 Å². The Morgan fingerprint density at radius 2 is 2.09 bits per heavy atom. The summed E-state index contributed by atoms with van der Waals surface area (Å²) in [6, 6.07) is 4.58. The van der Waals surface area contributed by atoms with Crippen LogP contribution in [0.5, 0.6) is 11.8 Å². The molecule has 0 saturated heterocycles. The van der Waals surface area contributed by atoms with E-state index in [1.165, 1.54) is 31.6 Å². The summed E-state index contributed by atoms with van der Waals surface area (Å²) in [5, 5.41) is 12.2. The summed E-state index contributed by atoms with van der Waals surface area (Å²) in [6.07, 6.45) is 2.14. The van der Waals surface area contributed by atoms with Crippen LogP contribution >= 0.6 is 22.9 Å². The van der Waals surface area contributed by atoms with Crippen LogP contribution in [0.15, 0.2) is 30.6 Å². The molecule has 0 fully saturated rings. The second-order valence-electron chi connectivity index (χ2n) is 7.29. The third-order valence-corrected chi connectivity index (χ3v) is 5.81. The number of aryl methyl sites for hydroxylation is 1. The van der Waals surface area contributed by atoms with Gasteiger partial charge in [0, 0.05) is 17.5 Å². The van der Waals surface area contributed by atoms with Gasteiger partial charge in [-0.2, -0.15) is 4.98 Å². The molecule has 9 nitrogen and oxygen atoms in total. The van der Waals surface area contributed by atoms with Crippen molar-refractivity contribution in [2.45, 2.75) is 20.0 Å². The van der Waals surface area contributed by atoms with Gasteiger partial charge in [0.2, 0.25) is 0 Å². The number of hydrogen-bond donors (Lipinski definition) is 2. The number of nitrogens with zero attached hydrogens (tertiary/aromatic N) is 4. The highest BCUT2D eigenvalue weighted by Crippen LogP contribution is 2.38. The quantitative estimate of drug-likeness (QED) is 0.383. The lowest BCUT2D eigenvalue weighted by Crippen LogP contribution is -2.14. The maximum atomic E-state index is 15.0. The fraction of sp³-hybridized carbons (Fsp3) is 0.227. The van der Waals surface area contributed by atoms with E-state index in [0.29, 0.717) is 16.0 Å². The Hall–Kier alpha value is -3.41. The van der Waals surface area contributed by atoms with E-state index < -0.39 is 17.8 Å². The van der Waals surface area contributed by atoms with Gasteiger partial charge in [-0.05, 0) is 32.0 Å². The Labute approximate surface area is 202 Å². The van der Waals surface area contributed by atoms with Crippen LogP contribution in [0, 0.1) is 12.7 Å². The zero-order valence-corrected chi connectivity index (χ0v) is 19.9.